The molecule has 7 heteroatoms. The molecule has 150 valence electrons. The lowest BCUT2D eigenvalue weighted by atomic mass is 9.99. The molecule has 4 rings (SSSR count). The average Bonchev–Trinajstić information content (AvgIpc) is 3.16. The van der Waals surface area contributed by atoms with Gasteiger partial charge in [0.25, 0.3) is 0 Å². The van der Waals surface area contributed by atoms with Crippen LogP contribution in [0.5, 0.6) is 5.75 Å². The first-order valence-electron chi connectivity index (χ1n) is 9.96. The fourth-order valence-corrected chi connectivity index (χ4v) is 4.27. The van der Waals surface area contributed by atoms with Gasteiger partial charge in [0.15, 0.2) is 6.30 Å². The van der Waals surface area contributed by atoms with E-state index in [1.54, 1.807) is 0 Å². The molecule has 0 aliphatic carbocycles. The van der Waals surface area contributed by atoms with Crippen molar-refractivity contribution in [2.24, 2.45) is 4.99 Å². The Morgan fingerprint density at radius 1 is 1.39 bits per heavy atom. The molecule has 1 saturated heterocycles. The number of benzene rings is 1. The van der Waals surface area contributed by atoms with Crippen LogP contribution in [0.25, 0.3) is 0 Å². The lowest BCUT2D eigenvalue weighted by Crippen LogP contribution is -2.56. The molecule has 1 aromatic carbocycles. The summed E-state index contributed by atoms with van der Waals surface area (Å²) in [6.07, 6.45) is 3.45. The van der Waals surface area contributed by atoms with Gasteiger partial charge in [0.2, 0.25) is 0 Å². The van der Waals surface area contributed by atoms with E-state index in [2.05, 4.69) is 21.3 Å². The summed E-state index contributed by atoms with van der Waals surface area (Å²) in [6, 6.07) is 5.92. The quantitative estimate of drug-likeness (QED) is 0.813. The van der Waals surface area contributed by atoms with Crippen molar-refractivity contribution in [2.75, 3.05) is 26.2 Å². The number of aliphatic imine (C=N–C) groups is 1. The highest BCUT2D eigenvalue weighted by atomic mass is 19.1. The SMILES string of the molecule is C[C@@H]1CN(C2=CC=NC(F)C2)CCN1C(=O)N[C@H](C)c1cccc2c1CCO2. The van der Waals surface area contributed by atoms with Crippen molar-refractivity contribution >= 4 is 12.2 Å². The Morgan fingerprint density at radius 2 is 2.25 bits per heavy atom. The molecule has 1 fully saturated rings. The highest BCUT2D eigenvalue weighted by molar-refractivity contribution is 5.75. The highest BCUT2D eigenvalue weighted by Gasteiger charge is 2.30. The van der Waals surface area contributed by atoms with Crippen LogP contribution in [0.3, 0.4) is 0 Å². The predicted octanol–water partition coefficient (Wildman–Crippen LogP) is 3.05. The van der Waals surface area contributed by atoms with Crippen molar-refractivity contribution in [3.8, 4) is 5.75 Å². The molecule has 1 aromatic rings. The van der Waals surface area contributed by atoms with E-state index in [1.165, 1.54) is 11.8 Å². The van der Waals surface area contributed by atoms with Crippen LogP contribution in [0.1, 0.15) is 37.4 Å². The molecule has 3 atom stereocenters. The van der Waals surface area contributed by atoms with Crippen molar-refractivity contribution in [2.45, 2.75) is 45.1 Å². The van der Waals surface area contributed by atoms with Gasteiger partial charge in [-0.2, -0.15) is 0 Å². The number of hydrogen-bond acceptors (Lipinski definition) is 4. The number of piperazine rings is 1. The Balaban J connectivity index is 1.37. The van der Waals surface area contributed by atoms with Gasteiger partial charge in [-0.3, -0.25) is 4.99 Å². The van der Waals surface area contributed by atoms with Gasteiger partial charge in [0.1, 0.15) is 5.75 Å². The minimum atomic E-state index is -1.16. The Bertz CT molecular complexity index is 810. The van der Waals surface area contributed by atoms with Gasteiger partial charge in [0.05, 0.1) is 12.6 Å². The third-order valence-corrected chi connectivity index (χ3v) is 5.77. The van der Waals surface area contributed by atoms with Crippen LogP contribution in [0.4, 0.5) is 9.18 Å². The second-order valence-corrected chi connectivity index (χ2v) is 7.68. The van der Waals surface area contributed by atoms with Crippen molar-refractivity contribution in [1.82, 2.24) is 15.1 Å². The zero-order valence-corrected chi connectivity index (χ0v) is 16.4. The zero-order valence-electron chi connectivity index (χ0n) is 16.4. The van der Waals surface area contributed by atoms with Gasteiger partial charge in [-0.15, -0.1) is 0 Å². The largest absolute Gasteiger partial charge is 0.493 e. The maximum atomic E-state index is 13.5. The summed E-state index contributed by atoms with van der Waals surface area (Å²) in [7, 11) is 0. The smallest absolute Gasteiger partial charge is 0.318 e. The van der Waals surface area contributed by atoms with Crippen LogP contribution in [-0.4, -0.2) is 60.6 Å². The van der Waals surface area contributed by atoms with Gasteiger partial charge in [0, 0.05) is 56.0 Å². The van der Waals surface area contributed by atoms with E-state index < -0.39 is 6.30 Å². The number of amides is 2. The highest BCUT2D eigenvalue weighted by Crippen LogP contribution is 2.31. The normalized spacial score (nSPS) is 25.0. The molecule has 0 saturated carbocycles. The first kappa shape index (κ1) is 18.8. The number of urea groups is 1. The van der Waals surface area contributed by atoms with E-state index in [1.807, 2.05) is 37.0 Å². The maximum absolute atomic E-state index is 13.5. The molecule has 1 unspecified atom stereocenters. The molecule has 6 nitrogen and oxygen atoms in total. The van der Waals surface area contributed by atoms with Crippen LogP contribution >= 0.6 is 0 Å². The fourth-order valence-electron chi connectivity index (χ4n) is 4.27. The number of halogens is 1. The van der Waals surface area contributed by atoms with Crippen LogP contribution in [0, 0.1) is 0 Å². The molecule has 0 aromatic heterocycles. The topological polar surface area (TPSA) is 57.2 Å². The first-order chi connectivity index (χ1) is 13.5. The molecule has 2 amide bonds. The van der Waals surface area contributed by atoms with Crippen molar-refractivity contribution in [1.29, 1.82) is 0 Å². The summed E-state index contributed by atoms with van der Waals surface area (Å²) in [4.78, 5) is 20.7. The van der Waals surface area contributed by atoms with Crippen molar-refractivity contribution in [3.05, 3.63) is 41.1 Å². The predicted molar refractivity (Wildman–Crippen MR) is 106 cm³/mol. The van der Waals surface area contributed by atoms with Gasteiger partial charge >= 0.3 is 6.03 Å². The van der Waals surface area contributed by atoms with E-state index >= 15 is 0 Å². The second-order valence-electron chi connectivity index (χ2n) is 7.68. The van der Waals surface area contributed by atoms with Gasteiger partial charge < -0.3 is 19.9 Å². The molecule has 0 radical (unpaired) electrons. The Hall–Kier alpha value is -2.57. The van der Waals surface area contributed by atoms with Gasteiger partial charge in [-0.25, -0.2) is 9.18 Å². The molecule has 3 aliphatic heterocycles. The number of rotatable bonds is 3. The fraction of sp³-hybridized carbons (Fsp3) is 0.524. The number of alkyl halides is 1. The number of nitrogens with one attached hydrogen (secondary N) is 1. The monoisotopic (exact) mass is 386 g/mol. The first-order valence-corrected chi connectivity index (χ1v) is 9.96. The third kappa shape index (κ3) is 3.70. The number of nitrogens with zero attached hydrogens (tertiary/aromatic N) is 3. The van der Waals surface area contributed by atoms with Crippen molar-refractivity contribution < 1.29 is 13.9 Å². The van der Waals surface area contributed by atoms with E-state index in [0.29, 0.717) is 32.7 Å². The minimum Gasteiger partial charge on any atom is -0.493 e. The van der Waals surface area contributed by atoms with E-state index in [-0.39, 0.29) is 18.1 Å². The number of allylic oxidation sites excluding steroid dienone is 1. The Morgan fingerprint density at radius 3 is 3.04 bits per heavy atom. The molecular formula is C21H27FN4O2. The summed E-state index contributed by atoms with van der Waals surface area (Å²) < 4.78 is 19.2. The van der Waals surface area contributed by atoms with Gasteiger partial charge in [-0.05, 0) is 31.6 Å². The molecule has 0 bridgehead atoms. The number of dihydropyridines is 1. The van der Waals surface area contributed by atoms with E-state index in [9.17, 15) is 9.18 Å². The molecule has 28 heavy (non-hydrogen) atoms. The van der Waals surface area contributed by atoms with Crippen LogP contribution in [0.2, 0.25) is 0 Å². The van der Waals surface area contributed by atoms with Crippen LogP contribution in [-0.2, 0) is 6.42 Å². The molecule has 3 aliphatic rings. The third-order valence-electron chi connectivity index (χ3n) is 5.77. The number of ether oxygens (including phenoxy) is 1. The Kier molecular flexibility index (Phi) is 5.24. The lowest BCUT2D eigenvalue weighted by molar-refractivity contribution is 0.113. The minimum absolute atomic E-state index is 0.0450. The number of carbonyl (C=O) groups excluding carboxylic acids is 1. The second kappa shape index (κ2) is 7.81. The molecule has 3 heterocycles. The average molecular weight is 386 g/mol. The molecule has 1 N–H and O–H groups in total. The summed E-state index contributed by atoms with van der Waals surface area (Å²) >= 11 is 0. The van der Waals surface area contributed by atoms with Crippen LogP contribution in [0.15, 0.2) is 35.0 Å². The summed E-state index contributed by atoms with van der Waals surface area (Å²) in [5.74, 6) is 0.927. The zero-order chi connectivity index (χ0) is 19.7. The maximum Gasteiger partial charge on any atom is 0.318 e. The van der Waals surface area contributed by atoms with Crippen LogP contribution < -0.4 is 10.1 Å². The molecule has 0 spiro atoms. The summed E-state index contributed by atoms with van der Waals surface area (Å²) in [5.41, 5.74) is 3.28. The summed E-state index contributed by atoms with van der Waals surface area (Å²) in [6.45, 7) is 6.76. The number of hydrogen-bond donors (Lipinski definition) is 1. The number of fused-ring (bicyclic) bond motifs is 1. The lowest BCUT2D eigenvalue weighted by Gasteiger charge is -2.42. The molecular weight excluding hydrogens is 359 g/mol. The van der Waals surface area contributed by atoms with Crippen molar-refractivity contribution in [3.63, 3.8) is 0 Å². The Labute approximate surface area is 165 Å². The summed E-state index contributed by atoms with van der Waals surface area (Å²) in [5, 5.41) is 3.14. The standard InChI is InChI=1S/C21H27FN4O2/c1-14-13-25(16-6-8-23-20(22)12-16)9-10-26(14)21(27)24-15(2)17-4-3-5-19-18(17)7-11-28-19/h3-6,8,14-15,20H,7,9-13H2,1-2H3,(H,24,27)/t14-,15-,20?/m1/s1. The van der Waals surface area contributed by atoms with E-state index in [0.717, 1.165) is 23.4 Å². The van der Waals surface area contributed by atoms with Gasteiger partial charge in [-0.1, -0.05) is 12.1 Å². The number of carbonyl (C=O) groups is 1. The van der Waals surface area contributed by atoms with E-state index in [4.69, 9.17) is 4.74 Å².